The molecule has 0 spiro atoms. The predicted molar refractivity (Wildman–Crippen MR) is 79.9 cm³/mol. The predicted octanol–water partition coefficient (Wildman–Crippen LogP) is 2.05. The number of carbonyl (C=O) groups is 1. The molecule has 5 nitrogen and oxygen atoms in total. The molecule has 20 heavy (non-hydrogen) atoms. The lowest BCUT2D eigenvalue weighted by molar-refractivity contribution is 0.0952. The first-order valence-electron chi connectivity index (χ1n) is 6.80. The van der Waals surface area contributed by atoms with E-state index in [-0.39, 0.29) is 5.91 Å². The topological polar surface area (TPSA) is 59.0 Å². The van der Waals surface area contributed by atoms with Crippen molar-refractivity contribution in [2.45, 2.75) is 20.4 Å². The lowest BCUT2D eigenvalue weighted by Crippen LogP contribution is -2.27. The van der Waals surface area contributed by atoms with Gasteiger partial charge in [0.25, 0.3) is 5.91 Å². The van der Waals surface area contributed by atoms with E-state index in [4.69, 9.17) is 0 Å². The lowest BCUT2D eigenvalue weighted by Gasteiger charge is -2.07. The van der Waals surface area contributed by atoms with Gasteiger partial charge in [0.1, 0.15) is 0 Å². The number of benzene rings is 1. The first-order chi connectivity index (χ1) is 9.69. The molecule has 0 fully saturated rings. The molecular formula is C15H20N4O. The van der Waals surface area contributed by atoms with Crippen molar-refractivity contribution in [2.75, 3.05) is 18.4 Å². The van der Waals surface area contributed by atoms with E-state index in [1.165, 1.54) is 0 Å². The lowest BCUT2D eigenvalue weighted by atomic mass is 10.2. The van der Waals surface area contributed by atoms with Crippen LogP contribution >= 0.6 is 0 Å². The van der Waals surface area contributed by atoms with Gasteiger partial charge in [-0.05, 0) is 43.7 Å². The molecule has 1 heterocycles. The van der Waals surface area contributed by atoms with Crippen LogP contribution < -0.4 is 10.6 Å². The number of nitrogens with zero attached hydrogens (tertiary/aromatic N) is 2. The number of anilines is 1. The first kappa shape index (κ1) is 14.1. The van der Waals surface area contributed by atoms with Gasteiger partial charge in [-0.1, -0.05) is 0 Å². The third-order valence-electron chi connectivity index (χ3n) is 2.92. The molecule has 5 heteroatoms. The maximum Gasteiger partial charge on any atom is 0.251 e. The van der Waals surface area contributed by atoms with Crippen molar-refractivity contribution < 1.29 is 4.79 Å². The van der Waals surface area contributed by atoms with Gasteiger partial charge in [-0.3, -0.25) is 9.48 Å². The summed E-state index contributed by atoms with van der Waals surface area (Å²) in [4.78, 5) is 11.9. The standard InChI is InChI=1S/C15H20N4O/c1-3-16-14-6-4-13(5-7-14)15(20)17-8-9-19-11-12(2)10-18-19/h4-7,10-11,16H,3,8-9H2,1-2H3,(H,17,20). The smallest absolute Gasteiger partial charge is 0.251 e. The molecule has 1 amide bonds. The first-order valence-corrected chi connectivity index (χ1v) is 6.80. The van der Waals surface area contributed by atoms with Crippen molar-refractivity contribution in [3.8, 4) is 0 Å². The Balaban J connectivity index is 1.82. The summed E-state index contributed by atoms with van der Waals surface area (Å²) in [5.74, 6) is -0.0584. The van der Waals surface area contributed by atoms with Crippen LogP contribution in [0, 0.1) is 6.92 Å². The van der Waals surface area contributed by atoms with Crippen LogP contribution in [-0.2, 0) is 6.54 Å². The summed E-state index contributed by atoms with van der Waals surface area (Å²) in [6.07, 6.45) is 3.76. The summed E-state index contributed by atoms with van der Waals surface area (Å²) in [5.41, 5.74) is 2.81. The van der Waals surface area contributed by atoms with Gasteiger partial charge in [0.05, 0.1) is 12.7 Å². The molecule has 106 valence electrons. The van der Waals surface area contributed by atoms with Crippen molar-refractivity contribution in [3.63, 3.8) is 0 Å². The summed E-state index contributed by atoms with van der Waals surface area (Å²) in [5, 5.41) is 10.3. The molecule has 0 saturated heterocycles. The molecule has 0 aliphatic heterocycles. The maximum atomic E-state index is 11.9. The van der Waals surface area contributed by atoms with E-state index in [1.807, 2.05) is 49.0 Å². The Labute approximate surface area is 119 Å². The molecule has 0 unspecified atom stereocenters. The van der Waals surface area contributed by atoms with Gasteiger partial charge in [0, 0.05) is 30.5 Å². The highest BCUT2D eigenvalue weighted by Crippen LogP contribution is 2.08. The van der Waals surface area contributed by atoms with Crippen LogP contribution in [0.25, 0.3) is 0 Å². The van der Waals surface area contributed by atoms with Crippen LogP contribution in [0.2, 0.25) is 0 Å². The van der Waals surface area contributed by atoms with E-state index in [1.54, 1.807) is 6.20 Å². The molecule has 1 aromatic heterocycles. The molecule has 0 aliphatic carbocycles. The summed E-state index contributed by atoms with van der Waals surface area (Å²) in [6, 6.07) is 7.47. The molecular weight excluding hydrogens is 252 g/mol. The largest absolute Gasteiger partial charge is 0.385 e. The highest BCUT2D eigenvalue weighted by Gasteiger charge is 2.04. The van der Waals surface area contributed by atoms with E-state index < -0.39 is 0 Å². The minimum Gasteiger partial charge on any atom is -0.385 e. The van der Waals surface area contributed by atoms with Crippen molar-refractivity contribution in [3.05, 3.63) is 47.8 Å². The zero-order chi connectivity index (χ0) is 14.4. The Hall–Kier alpha value is -2.30. The van der Waals surface area contributed by atoms with Crippen molar-refractivity contribution in [1.29, 1.82) is 0 Å². The second kappa shape index (κ2) is 6.75. The molecule has 2 aromatic rings. The summed E-state index contributed by atoms with van der Waals surface area (Å²) in [7, 11) is 0. The normalized spacial score (nSPS) is 10.3. The van der Waals surface area contributed by atoms with Crippen LogP contribution in [0.1, 0.15) is 22.8 Å². The third kappa shape index (κ3) is 3.85. The van der Waals surface area contributed by atoms with Crippen molar-refractivity contribution in [2.24, 2.45) is 0 Å². The number of hydrogen-bond acceptors (Lipinski definition) is 3. The fraction of sp³-hybridized carbons (Fsp3) is 0.333. The summed E-state index contributed by atoms with van der Waals surface area (Å²) < 4.78 is 1.82. The molecule has 0 radical (unpaired) electrons. The van der Waals surface area contributed by atoms with E-state index in [9.17, 15) is 4.79 Å². The zero-order valence-electron chi connectivity index (χ0n) is 11.9. The monoisotopic (exact) mass is 272 g/mol. The Morgan fingerprint density at radius 3 is 2.65 bits per heavy atom. The SMILES string of the molecule is CCNc1ccc(C(=O)NCCn2cc(C)cn2)cc1. The Kier molecular flexibility index (Phi) is 4.76. The van der Waals surface area contributed by atoms with Gasteiger partial charge in [0.2, 0.25) is 0 Å². The Bertz CT molecular complexity index is 560. The van der Waals surface area contributed by atoms with Gasteiger partial charge >= 0.3 is 0 Å². The minimum absolute atomic E-state index is 0.0584. The highest BCUT2D eigenvalue weighted by atomic mass is 16.1. The van der Waals surface area contributed by atoms with Gasteiger partial charge in [-0.2, -0.15) is 5.10 Å². The van der Waals surface area contributed by atoms with Crippen molar-refractivity contribution in [1.82, 2.24) is 15.1 Å². The quantitative estimate of drug-likeness (QED) is 0.846. The number of amides is 1. The summed E-state index contributed by atoms with van der Waals surface area (Å²) in [6.45, 7) is 6.14. The van der Waals surface area contributed by atoms with E-state index in [0.717, 1.165) is 17.8 Å². The number of hydrogen-bond donors (Lipinski definition) is 2. The molecule has 2 rings (SSSR count). The number of carbonyl (C=O) groups excluding carboxylic acids is 1. The van der Waals surface area contributed by atoms with Gasteiger partial charge in [-0.25, -0.2) is 0 Å². The Morgan fingerprint density at radius 2 is 2.05 bits per heavy atom. The van der Waals surface area contributed by atoms with Crippen molar-refractivity contribution >= 4 is 11.6 Å². The van der Waals surface area contributed by atoms with Crippen LogP contribution in [0.15, 0.2) is 36.7 Å². The molecule has 0 atom stereocenters. The number of aryl methyl sites for hydroxylation is 1. The van der Waals surface area contributed by atoms with Crippen LogP contribution in [0.5, 0.6) is 0 Å². The van der Waals surface area contributed by atoms with Gasteiger partial charge in [0.15, 0.2) is 0 Å². The fourth-order valence-electron chi connectivity index (χ4n) is 1.92. The van der Waals surface area contributed by atoms with E-state index in [2.05, 4.69) is 15.7 Å². The van der Waals surface area contributed by atoms with E-state index in [0.29, 0.717) is 18.7 Å². The molecule has 0 aliphatic rings. The molecule has 0 saturated carbocycles. The van der Waals surface area contributed by atoms with Crippen LogP contribution in [0.4, 0.5) is 5.69 Å². The number of rotatable bonds is 6. The molecule has 1 aromatic carbocycles. The Morgan fingerprint density at radius 1 is 1.30 bits per heavy atom. The number of nitrogens with one attached hydrogen (secondary N) is 2. The second-order valence-electron chi connectivity index (χ2n) is 4.64. The van der Waals surface area contributed by atoms with Crippen LogP contribution in [-0.4, -0.2) is 28.8 Å². The van der Waals surface area contributed by atoms with Gasteiger partial charge < -0.3 is 10.6 Å². The molecule has 0 bridgehead atoms. The second-order valence-corrected chi connectivity index (χ2v) is 4.64. The van der Waals surface area contributed by atoms with E-state index >= 15 is 0 Å². The number of aromatic nitrogens is 2. The zero-order valence-corrected chi connectivity index (χ0v) is 11.9. The summed E-state index contributed by atoms with van der Waals surface area (Å²) >= 11 is 0. The fourth-order valence-corrected chi connectivity index (χ4v) is 1.92. The average molecular weight is 272 g/mol. The average Bonchev–Trinajstić information content (AvgIpc) is 2.85. The minimum atomic E-state index is -0.0584. The third-order valence-corrected chi connectivity index (χ3v) is 2.92. The van der Waals surface area contributed by atoms with Gasteiger partial charge in [-0.15, -0.1) is 0 Å². The highest BCUT2D eigenvalue weighted by molar-refractivity contribution is 5.94. The van der Waals surface area contributed by atoms with Crippen LogP contribution in [0.3, 0.4) is 0 Å². The maximum absolute atomic E-state index is 11.9. The molecule has 2 N–H and O–H groups in total.